The highest BCUT2D eigenvalue weighted by molar-refractivity contribution is 6.33. The van der Waals surface area contributed by atoms with Gasteiger partial charge in [-0.2, -0.15) is 8.78 Å². The lowest BCUT2D eigenvalue weighted by Crippen LogP contribution is -2.42. The maximum Gasteiger partial charge on any atom is 0.394 e. The predicted octanol–water partition coefficient (Wildman–Crippen LogP) is 5.49. The van der Waals surface area contributed by atoms with Gasteiger partial charge in [-0.05, 0) is 68.4 Å². The maximum absolute atomic E-state index is 13.1. The van der Waals surface area contributed by atoms with E-state index in [-0.39, 0.29) is 5.75 Å². The van der Waals surface area contributed by atoms with Gasteiger partial charge in [0, 0.05) is 32.7 Å². The number of rotatable bonds is 5. The fourth-order valence-electron chi connectivity index (χ4n) is 4.49. The summed E-state index contributed by atoms with van der Waals surface area (Å²) in [6.07, 6.45) is 4.78. The lowest BCUT2D eigenvalue weighted by atomic mass is 9.65. The minimum atomic E-state index is -3.20. The standard InChI is InChI=1S/C20H28ClF2NO2/c1-19(22,23)26-16-2-3-17(21)18(14-16)24-11-9-20(10-12-24)7-4-15(5-8-20)6-13-25/h2-3,14-15,25H,4-13H2,1H3. The summed E-state index contributed by atoms with van der Waals surface area (Å²) >= 11 is 6.32. The van der Waals surface area contributed by atoms with Gasteiger partial charge < -0.3 is 14.7 Å². The van der Waals surface area contributed by atoms with E-state index in [1.807, 2.05) is 0 Å². The number of halogens is 3. The van der Waals surface area contributed by atoms with Crippen LogP contribution < -0.4 is 9.64 Å². The fourth-order valence-corrected chi connectivity index (χ4v) is 4.73. The third-order valence-corrected chi connectivity index (χ3v) is 6.40. The summed E-state index contributed by atoms with van der Waals surface area (Å²) in [4.78, 5) is 2.19. The van der Waals surface area contributed by atoms with Gasteiger partial charge in [0.2, 0.25) is 0 Å². The molecule has 3 nitrogen and oxygen atoms in total. The zero-order valence-corrected chi connectivity index (χ0v) is 16.1. The Hall–Kier alpha value is -1.07. The molecule has 2 fully saturated rings. The van der Waals surface area contributed by atoms with Crippen LogP contribution in [0.1, 0.15) is 51.9 Å². The third-order valence-electron chi connectivity index (χ3n) is 6.08. The Bertz CT molecular complexity index is 602. The van der Waals surface area contributed by atoms with E-state index in [2.05, 4.69) is 4.90 Å². The van der Waals surface area contributed by atoms with Gasteiger partial charge in [-0.25, -0.2) is 0 Å². The molecule has 26 heavy (non-hydrogen) atoms. The van der Waals surface area contributed by atoms with Crippen molar-refractivity contribution in [3.8, 4) is 5.75 Å². The third kappa shape index (κ3) is 4.80. The number of nitrogens with zero attached hydrogens (tertiary/aromatic N) is 1. The number of aliphatic hydroxyl groups is 1. The van der Waals surface area contributed by atoms with Crippen molar-refractivity contribution >= 4 is 17.3 Å². The average Bonchev–Trinajstić information content (AvgIpc) is 2.59. The van der Waals surface area contributed by atoms with E-state index in [1.165, 1.54) is 31.7 Å². The van der Waals surface area contributed by atoms with Crippen molar-refractivity contribution in [2.45, 2.75) is 58.0 Å². The van der Waals surface area contributed by atoms with Crippen LogP contribution in [0.5, 0.6) is 5.75 Å². The van der Waals surface area contributed by atoms with E-state index < -0.39 is 6.11 Å². The Labute approximate surface area is 159 Å². The maximum atomic E-state index is 13.1. The Balaban J connectivity index is 1.62. The molecule has 1 aliphatic heterocycles. The van der Waals surface area contributed by atoms with Crippen LogP contribution in [0.4, 0.5) is 14.5 Å². The number of ether oxygens (including phenoxy) is 1. The number of hydrogen-bond acceptors (Lipinski definition) is 3. The Morgan fingerprint density at radius 3 is 2.46 bits per heavy atom. The van der Waals surface area contributed by atoms with E-state index in [9.17, 15) is 8.78 Å². The second-order valence-corrected chi connectivity index (χ2v) is 8.37. The lowest BCUT2D eigenvalue weighted by Gasteiger charge is -2.46. The molecule has 0 amide bonds. The molecular weight excluding hydrogens is 360 g/mol. The molecule has 0 atom stereocenters. The first kappa shape index (κ1) is 19.7. The SMILES string of the molecule is CC(F)(F)Oc1ccc(Cl)c(N2CCC3(CCC(CCO)CC3)CC2)c1. The van der Waals surface area contributed by atoms with Crippen molar-refractivity contribution in [2.75, 3.05) is 24.6 Å². The van der Waals surface area contributed by atoms with Crippen LogP contribution in [-0.4, -0.2) is 30.9 Å². The topological polar surface area (TPSA) is 32.7 Å². The Morgan fingerprint density at radius 1 is 1.23 bits per heavy atom. The molecule has 0 aromatic heterocycles. The van der Waals surface area contributed by atoms with Gasteiger partial charge in [-0.1, -0.05) is 11.6 Å². The molecule has 3 rings (SSSR count). The largest absolute Gasteiger partial charge is 0.433 e. The van der Waals surface area contributed by atoms with Gasteiger partial charge in [0.25, 0.3) is 0 Å². The van der Waals surface area contributed by atoms with E-state index in [0.29, 0.717) is 23.0 Å². The normalized spacial score (nSPS) is 21.2. The monoisotopic (exact) mass is 387 g/mol. The zero-order valence-electron chi connectivity index (χ0n) is 15.3. The van der Waals surface area contributed by atoms with Gasteiger partial charge in [0.15, 0.2) is 0 Å². The smallest absolute Gasteiger partial charge is 0.394 e. The molecule has 1 heterocycles. The van der Waals surface area contributed by atoms with Crippen LogP contribution in [0.3, 0.4) is 0 Å². The summed E-state index contributed by atoms with van der Waals surface area (Å²) in [5.41, 5.74) is 1.18. The molecule has 0 unspecified atom stereocenters. The number of piperidine rings is 1. The summed E-state index contributed by atoms with van der Waals surface area (Å²) in [5, 5.41) is 9.69. The van der Waals surface area contributed by atoms with Crippen LogP contribution in [0.2, 0.25) is 5.02 Å². The van der Waals surface area contributed by atoms with E-state index in [1.54, 1.807) is 12.1 Å². The highest BCUT2D eigenvalue weighted by Crippen LogP contribution is 2.48. The van der Waals surface area contributed by atoms with Crippen LogP contribution in [0, 0.1) is 11.3 Å². The van der Waals surface area contributed by atoms with Crippen molar-refractivity contribution < 1.29 is 18.6 Å². The number of alkyl halides is 2. The van der Waals surface area contributed by atoms with Gasteiger partial charge in [-0.3, -0.25) is 0 Å². The average molecular weight is 388 g/mol. The van der Waals surface area contributed by atoms with E-state index in [4.69, 9.17) is 21.4 Å². The second-order valence-electron chi connectivity index (χ2n) is 7.97. The molecule has 146 valence electrons. The van der Waals surface area contributed by atoms with Crippen LogP contribution in [-0.2, 0) is 0 Å². The molecule has 1 aliphatic carbocycles. The van der Waals surface area contributed by atoms with Gasteiger partial charge >= 0.3 is 6.11 Å². The zero-order chi connectivity index (χ0) is 18.8. The number of hydrogen-bond donors (Lipinski definition) is 1. The van der Waals surface area contributed by atoms with Crippen molar-refractivity contribution in [1.29, 1.82) is 0 Å². The van der Waals surface area contributed by atoms with Gasteiger partial charge in [0.1, 0.15) is 5.75 Å². The van der Waals surface area contributed by atoms with Crippen molar-refractivity contribution in [2.24, 2.45) is 11.3 Å². The molecular formula is C20H28ClF2NO2. The lowest BCUT2D eigenvalue weighted by molar-refractivity contribution is -0.158. The molecule has 1 aromatic rings. The Kier molecular flexibility index (Phi) is 5.97. The van der Waals surface area contributed by atoms with Gasteiger partial charge in [0.05, 0.1) is 10.7 Å². The molecule has 1 N–H and O–H groups in total. The van der Waals surface area contributed by atoms with Crippen molar-refractivity contribution in [1.82, 2.24) is 0 Å². The summed E-state index contributed by atoms with van der Waals surface area (Å²) in [6, 6.07) is 4.73. The molecule has 0 radical (unpaired) electrons. The van der Waals surface area contributed by atoms with Crippen LogP contribution >= 0.6 is 11.6 Å². The van der Waals surface area contributed by atoms with E-state index >= 15 is 0 Å². The van der Waals surface area contributed by atoms with E-state index in [0.717, 1.165) is 45.0 Å². The molecule has 2 aliphatic rings. The summed E-state index contributed by atoms with van der Waals surface area (Å²) < 4.78 is 30.9. The predicted molar refractivity (Wildman–Crippen MR) is 100 cm³/mol. The van der Waals surface area contributed by atoms with Crippen LogP contribution in [0.25, 0.3) is 0 Å². The van der Waals surface area contributed by atoms with Crippen molar-refractivity contribution in [3.05, 3.63) is 23.2 Å². The molecule has 1 aromatic carbocycles. The first-order valence-corrected chi connectivity index (χ1v) is 9.90. The summed E-state index contributed by atoms with van der Waals surface area (Å²) in [7, 11) is 0. The first-order valence-electron chi connectivity index (χ1n) is 9.52. The molecule has 1 spiro atoms. The first-order chi connectivity index (χ1) is 12.3. The minimum absolute atomic E-state index is 0.140. The summed E-state index contributed by atoms with van der Waals surface area (Å²) in [5.74, 6) is 0.810. The van der Waals surface area contributed by atoms with Crippen molar-refractivity contribution in [3.63, 3.8) is 0 Å². The Morgan fingerprint density at radius 2 is 1.88 bits per heavy atom. The molecule has 6 heteroatoms. The molecule has 1 saturated heterocycles. The highest BCUT2D eigenvalue weighted by Gasteiger charge is 2.38. The highest BCUT2D eigenvalue weighted by atomic mass is 35.5. The minimum Gasteiger partial charge on any atom is -0.433 e. The summed E-state index contributed by atoms with van der Waals surface area (Å²) in [6.45, 7) is 2.80. The molecule has 1 saturated carbocycles. The molecule has 0 bridgehead atoms. The quantitative estimate of drug-likeness (QED) is 0.725. The van der Waals surface area contributed by atoms with Crippen LogP contribution in [0.15, 0.2) is 18.2 Å². The fraction of sp³-hybridized carbons (Fsp3) is 0.700. The van der Waals surface area contributed by atoms with Gasteiger partial charge in [-0.15, -0.1) is 0 Å². The number of anilines is 1. The number of benzene rings is 1. The second kappa shape index (κ2) is 7.89. The number of aliphatic hydroxyl groups excluding tert-OH is 1.